The van der Waals surface area contributed by atoms with Crippen molar-refractivity contribution in [3.05, 3.63) is 41.8 Å². The van der Waals surface area contributed by atoms with Crippen molar-refractivity contribution < 1.29 is 4.39 Å². The predicted octanol–water partition coefficient (Wildman–Crippen LogP) is 2.90. The Labute approximate surface area is 130 Å². The molecule has 0 amide bonds. The smallest absolute Gasteiger partial charge is 0.247 e. The molecule has 0 bridgehead atoms. The number of nitrogens with zero attached hydrogens (tertiary/aromatic N) is 4. The van der Waals surface area contributed by atoms with E-state index in [1.54, 1.807) is 18.3 Å². The minimum atomic E-state index is -0.212. The van der Waals surface area contributed by atoms with Crippen LogP contribution in [0.25, 0.3) is 0 Å². The van der Waals surface area contributed by atoms with Gasteiger partial charge in [-0.1, -0.05) is 25.5 Å². The van der Waals surface area contributed by atoms with Gasteiger partial charge in [0.15, 0.2) is 5.82 Å². The van der Waals surface area contributed by atoms with E-state index < -0.39 is 0 Å². The Kier molecular flexibility index (Phi) is 6.06. The summed E-state index contributed by atoms with van der Waals surface area (Å²) < 4.78 is 12.8. The van der Waals surface area contributed by atoms with Gasteiger partial charge in [-0.2, -0.15) is 10.1 Å². The van der Waals surface area contributed by atoms with E-state index in [0.717, 1.165) is 31.4 Å². The Morgan fingerprint density at radius 3 is 2.73 bits per heavy atom. The zero-order valence-electron chi connectivity index (χ0n) is 13.1. The van der Waals surface area contributed by atoms with Gasteiger partial charge < -0.3 is 10.2 Å². The van der Waals surface area contributed by atoms with Crippen LogP contribution in [0.15, 0.2) is 30.5 Å². The number of nitrogens with one attached hydrogen (secondary N) is 1. The number of benzene rings is 1. The van der Waals surface area contributed by atoms with Crippen LogP contribution in [-0.4, -0.2) is 35.3 Å². The lowest BCUT2D eigenvalue weighted by Crippen LogP contribution is -2.22. The van der Waals surface area contributed by atoms with E-state index in [9.17, 15) is 4.39 Å². The molecule has 0 unspecified atom stereocenters. The van der Waals surface area contributed by atoms with Crippen molar-refractivity contribution in [3.8, 4) is 0 Å². The molecule has 1 heterocycles. The summed E-state index contributed by atoms with van der Waals surface area (Å²) in [5.74, 6) is 1.12. The van der Waals surface area contributed by atoms with Crippen LogP contribution in [0, 0.1) is 5.82 Å². The molecule has 1 aromatic carbocycles. The third-order valence-corrected chi connectivity index (χ3v) is 3.37. The average molecular weight is 303 g/mol. The van der Waals surface area contributed by atoms with Crippen LogP contribution in [0.2, 0.25) is 0 Å². The Morgan fingerprint density at radius 2 is 2.00 bits per heavy atom. The molecule has 118 valence electrons. The summed E-state index contributed by atoms with van der Waals surface area (Å²) in [5, 5.41) is 11.3. The van der Waals surface area contributed by atoms with Gasteiger partial charge in [0.1, 0.15) is 5.82 Å². The molecule has 0 aliphatic heterocycles. The molecule has 0 saturated heterocycles. The van der Waals surface area contributed by atoms with Gasteiger partial charge in [-0.3, -0.25) is 0 Å². The van der Waals surface area contributed by atoms with Crippen molar-refractivity contribution in [2.24, 2.45) is 0 Å². The monoisotopic (exact) mass is 303 g/mol. The molecule has 0 aliphatic rings. The molecule has 2 rings (SSSR count). The van der Waals surface area contributed by atoms with E-state index in [2.05, 4.69) is 27.4 Å². The normalized spacial score (nSPS) is 10.5. The van der Waals surface area contributed by atoms with Crippen LogP contribution in [0.1, 0.15) is 25.3 Å². The second kappa shape index (κ2) is 8.26. The number of hydrogen-bond acceptors (Lipinski definition) is 5. The molecule has 1 aromatic heterocycles. The lowest BCUT2D eigenvalue weighted by molar-refractivity contribution is 0.627. The van der Waals surface area contributed by atoms with Crippen molar-refractivity contribution in [1.29, 1.82) is 0 Å². The van der Waals surface area contributed by atoms with Crippen LogP contribution >= 0.6 is 0 Å². The molecular weight excluding hydrogens is 281 g/mol. The highest BCUT2D eigenvalue weighted by Crippen LogP contribution is 2.09. The van der Waals surface area contributed by atoms with Gasteiger partial charge in [0.25, 0.3) is 0 Å². The quantitative estimate of drug-likeness (QED) is 0.812. The lowest BCUT2D eigenvalue weighted by atomic mass is 10.1. The SMILES string of the molecule is CCCCN(C)c1nncc(NCCc2ccc(F)cc2)n1. The Morgan fingerprint density at radius 1 is 1.23 bits per heavy atom. The highest BCUT2D eigenvalue weighted by molar-refractivity contribution is 5.38. The number of halogens is 1. The zero-order chi connectivity index (χ0) is 15.8. The van der Waals surface area contributed by atoms with Gasteiger partial charge in [-0.05, 0) is 30.5 Å². The number of anilines is 2. The van der Waals surface area contributed by atoms with Gasteiger partial charge in [0.2, 0.25) is 5.95 Å². The molecule has 0 aliphatic carbocycles. The Balaban J connectivity index is 1.86. The molecule has 2 aromatic rings. The van der Waals surface area contributed by atoms with Crippen molar-refractivity contribution >= 4 is 11.8 Å². The van der Waals surface area contributed by atoms with Gasteiger partial charge >= 0.3 is 0 Å². The van der Waals surface area contributed by atoms with E-state index in [-0.39, 0.29) is 5.82 Å². The Bertz CT molecular complexity index is 573. The topological polar surface area (TPSA) is 53.9 Å². The van der Waals surface area contributed by atoms with E-state index in [4.69, 9.17) is 0 Å². The minimum absolute atomic E-state index is 0.212. The summed E-state index contributed by atoms with van der Waals surface area (Å²) >= 11 is 0. The third-order valence-electron chi connectivity index (χ3n) is 3.37. The van der Waals surface area contributed by atoms with Crippen molar-refractivity contribution in [2.45, 2.75) is 26.2 Å². The standard InChI is InChI=1S/C16H22FN5/c1-3-4-11-22(2)16-20-15(12-19-21-16)18-10-9-13-5-7-14(17)8-6-13/h5-8,12H,3-4,9-11H2,1-2H3,(H,18,20,21). The van der Waals surface area contributed by atoms with Crippen LogP contribution in [-0.2, 0) is 6.42 Å². The maximum Gasteiger partial charge on any atom is 0.247 e. The second-order valence-electron chi connectivity index (χ2n) is 5.22. The highest BCUT2D eigenvalue weighted by Gasteiger charge is 2.05. The number of unbranched alkanes of at least 4 members (excludes halogenated alkanes) is 1. The van der Waals surface area contributed by atoms with Crippen LogP contribution in [0.5, 0.6) is 0 Å². The second-order valence-corrected chi connectivity index (χ2v) is 5.22. The fourth-order valence-electron chi connectivity index (χ4n) is 2.02. The molecule has 5 nitrogen and oxygen atoms in total. The molecule has 1 N–H and O–H groups in total. The van der Waals surface area contributed by atoms with Crippen LogP contribution in [0.4, 0.5) is 16.2 Å². The van der Waals surface area contributed by atoms with Crippen LogP contribution < -0.4 is 10.2 Å². The Hall–Kier alpha value is -2.24. The van der Waals surface area contributed by atoms with Crippen LogP contribution in [0.3, 0.4) is 0 Å². The molecule has 0 saturated carbocycles. The molecule has 0 radical (unpaired) electrons. The summed E-state index contributed by atoms with van der Waals surface area (Å²) in [6.45, 7) is 3.78. The fraction of sp³-hybridized carbons (Fsp3) is 0.438. The van der Waals surface area contributed by atoms with E-state index in [1.165, 1.54) is 12.1 Å². The maximum atomic E-state index is 12.8. The maximum absolute atomic E-state index is 12.8. The molecule has 0 spiro atoms. The van der Waals surface area contributed by atoms with Crippen molar-refractivity contribution in [3.63, 3.8) is 0 Å². The van der Waals surface area contributed by atoms with Gasteiger partial charge in [-0.25, -0.2) is 4.39 Å². The van der Waals surface area contributed by atoms with E-state index in [1.807, 2.05) is 11.9 Å². The molecule has 0 atom stereocenters. The van der Waals surface area contributed by atoms with Gasteiger partial charge in [0.05, 0.1) is 6.20 Å². The summed E-state index contributed by atoms with van der Waals surface area (Å²) in [7, 11) is 1.97. The highest BCUT2D eigenvalue weighted by atomic mass is 19.1. The first-order valence-corrected chi connectivity index (χ1v) is 7.58. The summed E-state index contributed by atoms with van der Waals surface area (Å²) in [5.41, 5.74) is 1.08. The first-order chi connectivity index (χ1) is 10.7. The number of rotatable bonds is 8. The average Bonchev–Trinajstić information content (AvgIpc) is 2.55. The zero-order valence-corrected chi connectivity index (χ0v) is 13.1. The summed E-state index contributed by atoms with van der Waals surface area (Å²) in [6, 6.07) is 6.53. The summed E-state index contributed by atoms with van der Waals surface area (Å²) in [4.78, 5) is 6.45. The van der Waals surface area contributed by atoms with E-state index in [0.29, 0.717) is 18.3 Å². The number of aromatic nitrogens is 3. The molecule has 0 fully saturated rings. The van der Waals surface area contributed by atoms with Crippen molar-refractivity contribution in [2.75, 3.05) is 30.4 Å². The lowest BCUT2D eigenvalue weighted by Gasteiger charge is -2.16. The largest absolute Gasteiger partial charge is 0.368 e. The third kappa shape index (κ3) is 4.95. The number of hydrogen-bond donors (Lipinski definition) is 1. The minimum Gasteiger partial charge on any atom is -0.368 e. The fourth-order valence-corrected chi connectivity index (χ4v) is 2.02. The first-order valence-electron chi connectivity index (χ1n) is 7.58. The van der Waals surface area contributed by atoms with Crippen molar-refractivity contribution in [1.82, 2.24) is 15.2 Å². The predicted molar refractivity (Wildman–Crippen MR) is 86.6 cm³/mol. The molecule has 22 heavy (non-hydrogen) atoms. The van der Waals surface area contributed by atoms with Gasteiger partial charge in [-0.15, -0.1) is 5.10 Å². The van der Waals surface area contributed by atoms with Gasteiger partial charge in [0, 0.05) is 20.1 Å². The van der Waals surface area contributed by atoms with E-state index >= 15 is 0 Å². The first kappa shape index (κ1) is 16.1. The molecule has 6 heteroatoms. The summed E-state index contributed by atoms with van der Waals surface area (Å²) in [6.07, 6.45) is 4.64. The molecular formula is C16H22FN5.